The van der Waals surface area contributed by atoms with Crippen LogP contribution in [-0.2, 0) is 5.75 Å². The predicted octanol–water partition coefficient (Wildman–Crippen LogP) is 2.72. The normalized spacial score (nSPS) is 10.5. The lowest BCUT2D eigenvalue weighted by Crippen LogP contribution is -1.99. The molecule has 0 aliphatic heterocycles. The van der Waals surface area contributed by atoms with Crippen LogP contribution in [0.4, 0.5) is 4.39 Å². The molecule has 0 aromatic heterocycles. The first-order valence-electron chi connectivity index (χ1n) is 4.77. The minimum atomic E-state index is -0.154. The third kappa shape index (κ3) is 3.68. The Balaban J connectivity index is 2.42. The van der Waals surface area contributed by atoms with E-state index in [-0.39, 0.29) is 5.82 Å². The molecule has 0 radical (unpaired) electrons. The highest BCUT2D eigenvalue weighted by atomic mass is 32.2. The number of thioether (sulfide) groups is 1. The fourth-order valence-electron chi connectivity index (χ4n) is 1.19. The van der Waals surface area contributed by atoms with E-state index in [0.717, 1.165) is 30.0 Å². The predicted molar refractivity (Wildman–Crippen MR) is 61.0 cm³/mol. The van der Waals surface area contributed by atoms with Crippen LogP contribution in [0, 0.1) is 12.7 Å². The van der Waals surface area contributed by atoms with Crippen LogP contribution >= 0.6 is 11.8 Å². The average Bonchev–Trinajstić information content (AvgIpc) is 2.15. The van der Waals surface area contributed by atoms with Gasteiger partial charge in [0.25, 0.3) is 0 Å². The molecule has 0 spiro atoms. The lowest BCUT2D eigenvalue weighted by molar-refractivity contribution is 0.626. The molecule has 1 aromatic rings. The van der Waals surface area contributed by atoms with Gasteiger partial charge in [-0.15, -0.1) is 0 Å². The number of halogens is 1. The quantitative estimate of drug-likeness (QED) is 0.761. The monoisotopic (exact) mass is 213 g/mol. The summed E-state index contributed by atoms with van der Waals surface area (Å²) < 4.78 is 12.8. The molecule has 1 nitrogen and oxygen atoms in total. The SMILES string of the molecule is Cc1cc(F)ccc1CSCCCN. The van der Waals surface area contributed by atoms with Crippen molar-refractivity contribution in [1.29, 1.82) is 0 Å². The zero-order valence-corrected chi connectivity index (χ0v) is 9.24. The number of hydrogen-bond acceptors (Lipinski definition) is 2. The van der Waals surface area contributed by atoms with Gasteiger partial charge in [-0.1, -0.05) is 6.07 Å². The van der Waals surface area contributed by atoms with Gasteiger partial charge < -0.3 is 5.73 Å². The fourth-order valence-corrected chi connectivity index (χ4v) is 2.25. The van der Waals surface area contributed by atoms with E-state index in [4.69, 9.17) is 5.73 Å². The van der Waals surface area contributed by atoms with Crippen LogP contribution in [0.1, 0.15) is 17.5 Å². The van der Waals surface area contributed by atoms with E-state index in [9.17, 15) is 4.39 Å². The summed E-state index contributed by atoms with van der Waals surface area (Å²) in [6, 6.07) is 4.96. The number of benzene rings is 1. The van der Waals surface area contributed by atoms with Gasteiger partial charge in [0.1, 0.15) is 5.82 Å². The van der Waals surface area contributed by atoms with Crippen LogP contribution < -0.4 is 5.73 Å². The van der Waals surface area contributed by atoms with Gasteiger partial charge in [-0.25, -0.2) is 4.39 Å². The Morgan fingerprint density at radius 1 is 1.43 bits per heavy atom. The number of aryl methyl sites for hydroxylation is 1. The van der Waals surface area contributed by atoms with Crippen molar-refractivity contribution in [2.24, 2.45) is 5.73 Å². The van der Waals surface area contributed by atoms with Gasteiger partial charge in [0, 0.05) is 5.75 Å². The Morgan fingerprint density at radius 3 is 2.86 bits per heavy atom. The Hall–Kier alpha value is -0.540. The van der Waals surface area contributed by atoms with E-state index < -0.39 is 0 Å². The standard InChI is InChI=1S/C11H16FNS/c1-9-7-11(12)4-3-10(9)8-14-6-2-5-13/h3-4,7H,2,5-6,8,13H2,1H3. The molecule has 0 atom stereocenters. The zero-order chi connectivity index (χ0) is 10.4. The second-order valence-corrected chi connectivity index (χ2v) is 4.37. The first kappa shape index (κ1) is 11.5. The molecule has 1 aromatic carbocycles. The van der Waals surface area contributed by atoms with Gasteiger partial charge in [-0.2, -0.15) is 11.8 Å². The van der Waals surface area contributed by atoms with Crippen LogP contribution in [-0.4, -0.2) is 12.3 Å². The fraction of sp³-hybridized carbons (Fsp3) is 0.455. The molecule has 78 valence electrons. The van der Waals surface area contributed by atoms with Crippen molar-refractivity contribution in [3.05, 3.63) is 35.1 Å². The van der Waals surface area contributed by atoms with E-state index in [2.05, 4.69) is 0 Å². The molecule has 0 fully saturated rings. The molecule has 0 bridgehead atoms. The van der Waals surface area contributed by atoms with E-state index in [0.29, 0.717) is 0 Å². The molecular formula is C11H16FNS. The maximum atomic E-state index is 12.8. The van der Waals surface area contributed by atoms with Crippen LogP contribution in [0.3, 0.4) is 0 Å². The molecule has 3 heteroatoms. The summed E-state index contributed by atoms with van der Waals surface area (Å²) in [6.07, 6.45) is 1.05. The van der Waals surface area contributed by atoms with Gasteiger partial charge in [0.15, 0.2) is 0 Å². The molecule has 0 saturated carbocycles. The third-order valence-corrected chi connectivity index (χ3v) is 3.15. The maximum absolute atomic E-state index is 12.8. The van der Waals surface area contributed by atoms with Crippen molar-refractivity contribution >= 4 is 11.8 Å². The van der Waals surface area contributed by atoms with Crippen molar-refractivity contribution in [2.45, 2.75) is 19.1 Å². The van der Waals surface area contributed by atoms with E-state index >= 15 is 0 Å². The number of rotatable bonds is 5. The number of hydrogen-bond donors (Lipinski definition) is 1. The van der Waals surface area contributed by atoms with E-state index in [1.807, 2.05) is 24.8 Å². The summed E-state index contributed by atoms with van der Waals surface area (Å²) in [5.74, 6) is 1.87. The van der Waals surface area contributed by atoms with Crippen molar-refractivity contribution in [2.75, 3.05) is 12.3 Å². The van der Waals surface area contributed by atoms with Crippen molar-refractivity contribution < 1.29 is 4.39 Å². The zero-order valence-electron chi connectivity index (χ0n) is 8.42. The molecule has 0 unspecified atom stereocenters. The van der Waals surface area contributed by atoms with Crippen LogP contribution in [0.2, 0.25) is 0 Å². The van der Waals surface area contributed by atoms with Crippen molar-refractivity contribution in [3.63, 3.8) is 0 Å². The topological polar surface area (TPSA) is 26.0 Å². The van der Waals surface area contributed by atoms with Crippen LogP contribution in [0.15, 0.2) is 18.2 Å². The summed E-state index contributed by atoms with van der Waals surface area (Å²) in [5.41, 5.74) is 7.64. The Labute approximate surface area is 88.9 Å². The molecule has 0 aliphatic carbocycles. The molecular weight excluding hydrogens is 197 g/mol. The molecule has 2 N–H and O–H groups in total. The summed E-state index contributed by atoms with van der Waals surface area (Å²) in [7, 11) is 0. The van der Waals surface area contributed by atoms with Crippen LogP contribution in [0.25, 0.3) is 0 Å². The summed E-state index contributed by atoms with van der Waals surface area (Å²) in [6.45, 7) is 2.69. The molecule has 0 saturated heterocycles. The summed E-state index contributed by atoms with van der Waals surface area (Å²) in [4.78, 5) is 0. The largest absolute Gasteiger partial charge is 0.330 e. The Bertz CT molecular complexity index is 289. The smallest absolute Gasteiger partial charge is 0.123 e. The maximum Gasteiger partial charge on any atom is 0.123 e. The minimum absolute atomic E-state index is 0.154. The van der Waals surface area contributed by atoms with Gasteiger partial charge in [-0.3, -0.25) is 0 Å². The van der Waals surface area contributed by atoms with Gasteiger partial charge in [0.05, 0.1) is 0 Å². The molecule has 1 rings (SSSR count). The third-order valence-electron chi connectivity index (χ3n) is 2.06. The van der Waals surface area contributed by atoms with Crippen molar-refractivity contribution in [3.8, 4) is 0 Å². The second-order valence-electron chi connectivity index (χ2n) is 3.27. The van der Waals surface area contributed by atoms with Gasteiger partial charge >= 0.3 is 0 Å². The summed E-state index contributed by atoms with van der Waals surface area (Å²) in [5, 5.41) is 0. The lowest BCUT2D eigenvalue weighted by atomic mass is 10.1. The van der Waals surface area contributed by atoms with Crippen LogP contribution in [0.5, 0.6) is 0 Å². The average molecular weight is 213 g/mol. The highest BCUT2D eigenvalue weighted by Gasteiger charge is 1.99. The number of nitrogens with two attached hydrogens (primary N) is 1. The highest BCUT2D eigenvalue weighted by Crippen LogP contribution is 2.17. The minimum Gasteiger partial charge on any atom is -0.330 e. The summed E-state index contributed by atoms with van der Waals surface area (Å²) >= 11 is 1.85. The Morgan fingerprint density at radius 2 is 2.21 bits per heavy atom. The Kier molecular flexibility index (Phi) is 4.98. The second kappa shape index (κ2) is 6.04. The first-order chi connectivity index (χ1) is 6.74. The van der Waals surface area contributed by atoms with Gasteiger partial charge in [0.2, 0.25) is 0 Å². The van der Waals surface area contributed by atoms with E-state index in [1.165, 1.54) is 11.6 Å². The van der Waals surface area contributed by atoms with Crippen molar-refractivity contribution in [1.82, 2.24) is 0 Å². The van der Waals surface area contributed by atoms with E-state index in [1.54, 1.807) is 6.07 Å². The lowest BCUT2D eigenvalue weighted by Gasteiger charge is -2.05. The molecule has 14 heavy (non-hydrogen) atoms. The molecule has 0 aliphatic rings. The van der Waals surface area contributed by atoms with Gasteiger partial charge in [-0.05, 0) is 48.9 Å². The highest BCUT2D eigenvalue weighted by molar-refractivity contribution is 7.98. The first-order valence-corrected chi connectivity index (χ1v) is 5.92. The molecule has 0 amide bonds. The molecule has 0 heterocycles.